The van der Waals surface area contributed by atoms with Gasteiger partial charge in [0.25, 0.3) is 0 Å². The van der Waals surface area contributed by atoms with Crippen molar-refractivity contribution in [1.82, 2.24) is 4.98 Å². The van der Waals surface area contributed by atoms with E-state index in [0.29, 0.717) is 17.0 Å². The lowest BCUT2D eigenvalue weighted by atomic mass is 10.2. The average molecular weight is 243 g/mol. The zero-order valence-electron chi connectivity index (χ0n) is 9.43. The fourth-order valence-electron chi connectivity index (χ4n) is 1.46. The van der Waals surface area contributed by atoms with Gasteiger partial charge in [-0.15, -0.1) is 0 Å². The largest absolute Gasteiger partial charge is 0.487 e. The Morgan fingerprint density at radius 1 is 1.39 bits per heavy atom. The van der Waals surface area contributed by atoms with E-state index in [4.69, 9.17) is 15.7 Å². The van der Waals surface area contributed by atoms with Gasteiger partial charge < -0.3 is 10.5 Å². The molecule has 2 rings (SSSR count). The summed E-state index contributed by atoms with van der Waals surface area (Å²) in [6.45, 7) is 0.159. The van der Waals surface area contributed by atoms with Crippen LogP contribution in [0, 0.1) is 17.1 Å². The van der Waals surface area contributed by atoms with Gasteiger partial charge in [-0.1, -0.05) is 6.07 Å². The van der Waals surface area contributed by atoms with Gasteiger partial charge in [0.1, 0.15) is 29.9 Å². The van der Waals surface area contributed by atoms with Crippen LogP contribution in [0.3, 0.4) is 0 Å². The molecule has 1 aromatic carbocycles. The predicted octanol–water partition coefficient (Wildman–Crippen LogP) is 2.25. The molecule has 2 aromatic rings. The summed E-state index contributed by atoms with van der Waals surface area (Å²) in [5, 5.41) is 8.86. The maximum absolute atomic E-state index is 12.8. The van der Waals surface area contributed by atoms with Crippen LogP contribution in [-0.4, -0.2) is 4.98 Å². The second-order valence-electron chi connectivity index (χ2n) is 3.59. The summed E-state index contributed by atoms with van der Waals surface area (Å²) in [5.74, 6) is -0.0388. The highest BCUT2D eigenvalue weighted by Gasteiger charge is 2.06. The molecule has 0 aliphatic rings. The lowest BCUT2D eigenvalue weighted by molar-refractivity contribution is 0.306. The lowest BCUT2D eigenvalue weighted by Gasteiger charge is -2.09. The van der Waals surface area contributed by atoms with Crippen molar-refractivity contribution >= 4 is 5.69 Å². The molecule has 0 amide bonds. The SMILES string of the molecule is N#Cc1ncccc1COc1ccc(F)cc1N. The number of hydrogen-bond acceptors (Lipinski definition) is 4. The fraction of sp³-hybridized carbons (Fsp3) is 0.0769. The number of benzene rings is 1. The lowest BCUT2D eigenvalue weighted by Crippen LogP contribution is -2.02. The molecule has 1 heterocycles. The molecule has 18 heavy (non-hydrogen) atoms. The molecule has 0 aliphatic carbocycles. The molecule has 0 aliphatic heterocycles. The average Bonchev–Trinajstić information content (AvgIpc) is 2.38. The molecule has 0 spiro atoms. The number of nitrogen functional groups attached to an aromatic ring is 1. The van der Waals surface area contributed by atoms with Crippen molar-refractivity contribution in [1.29, 1.82) is 5.26 Å². The fourth-order valence-corrected chi connectivity index (χ4v) is 1.46. The number of aromatic nitrogens is 1. The van der Waals surface area contributed by atoms with Gasteiger partial charge in [0.2, 0.25) is 0 Å². The Bertz CT molecular complexity index is 607. The van der Waals surface area contributed by atoms with Gasteiger partial charge >= 0.3 is 0 Å². The number of rotatable bonds is 3. The first kappa shape index (κ1) is 11.9. The Balaban J connectivity index is 2.14. The molecule has 4 nitrogen and oxygen atoms in total. The number of ether oxygens (including phenoxy) is 1. The van der Waals surface area contributed by atoms with Crippen LogP contribution in [0.4, 0.5) is 10.1 Å². The zero-order valence-corrected chi connectivity index (χ0v) is 9.43. The number of halogens is 1. The van der Waals surface area contributed by atoms with E-state index in [0.717, 1.165) is 0 Å². The Labute approximate surface area is 103 Å². The third-order valence-corrected chi connectivity index (χ3v) is 2.35. The molecule has 0 saturated carbocycles. The molecule has 1 aromatic heterocycles. The van der Waals surface area contributed by atoms with Crippen molar-refractivity contribution < 1.29 is 9.13 Å². The molecular weight excluding hydrogens is 233 g/mol. The third-order valence-electron chi connectivity index (χ3n) is 2.35. The zero-order chi connectivity index (χ0) is 13.0. The summed E-state index contributed by atoms with van der Waals surface area (Å²) in [4.78, 5) is 3.91. The molecule has 0 atom stereocenters. The van der Waals surface area contributed by atoms with E-state index in [2.05, 4.69) is 4.98 Å². The minimum atomic E-state index is -0.418. The first-order chi connectivity index (χ1) is 8.70. The van der Waals surface area contributed by atoms with Crippen molar-refractivity contribution in [3.05, 3.63) is 53.6 Å². The molecular formula is C13H10FN3O. The quantitative estimate of drug-likeness (QED) is 0.839. The Morgan fingerprint density at radius 2 is 2.22 bits per heavy atom. The number of pyridine rings is 1. The molecule has 0 fully saturated rings. The second-order valence-corrected chi connectivity index (χ2v) is 3.59. The number of hydrogen-bond donors (Lipinski definition) is 1. The monoisotopic (exact) mass is 243 g/mol. The summed E-state index contributed by atoms with van der Waals surface area (Å²) >= 11 is 0. The Kier molecular flexibility index (Phi) is 3.39. The normalized spacial score (nSPS) is 9.78. The molecule has 5 heteroatoms. The molecule has 0 bridgehead atoms. The summed E-state index contributed by atoms with van der Waals surface area (Å²) < 4.78 is 18.3. The van der Waals surface area contributed by atoms with Crippen molar-refractivity contribution in [2.24, 2.45) is 0 Å². The summed E-state index contributed by atoms with van der Waals surface area (Å²) in [6, 6.07) is 9.33. The summed E-state index contributed by atoms with van der Waals surface area (Å²) in [5.41, 5.74) is 6.79. The minimum absolute atomic E-state index is 0.159. The highest BCUT2D eigenvalue weighted by molar-refractivity contribution is 5.52. The van der Waals surface area contributed by atoms with Gasteiger partial charge in [-0.2, -0.15) is 5.26 Å². The molecule has 2 N–H and O–H groups in total. The Morgan fingerprint density at radius 3 is 2.94 bits per heavy atom. The van der Waals surface area contributed by atoms with E-state index in [-0.39, 0.29) is 12.3 Å². The van der Waals surface area contributed by atoms with Gasteiger partial charge in [0.15, 0.2) is 0 Å². The summed E-state index contributed by atoms with van der Waals surface area (Å²) in [7, 11) is 0. The molecule has 0 radical (unpaired) electrons. The van der Waals surface area contributed by atoms with Crippen LogP contribution >= 0.6 is 0 Å². The maximum atomic E-state index is 12.8. The highest BCUT2D eigenvalue weighted by Crippen LogP contribution is 2.23. The van der Waals surface area contributed by atoms with E-state index in [1.807, 2.05) is 6.07 Å². The maximum Gasteiger partial charge on any atom is 0.147 e. The molecule has 90 valence electrons. The minimum Gasteiger partial charge on any atom is -0.487 e. The highest BCUT2D eigenvalue weighted by atomic mass is 19.1. The van der Waals surface area contributed by atoms with Crippen molar-refractivity contribution in [3.8, 4) is 11.8 Å². The first-order valence-electron chi connectivity index (χ1n) is 5.22. The van der Waals surface area contributed by atoms with Gasteiger partial charge in [0.05, 0.1) is 5.69 Å². The molecule has 0 unspecified atom stereocenters. The number of nitrogens with zero attached hydrogens (tertiary/aromatic N) is 2. The van der Waals surface area contributed by atoms with Gasteiger partial charge in [-0.05, 0) is 18.2 Å². The van der Waals surface area contributed by atoms with E-state index in [1.54, 1.807) is 12.1 Å². The first-order valence-corrected chi connectivity index (χ1v) is 5.22. The van der Waals surface area contributed by atoms with Crippen LogP contribution in [-0.2, 0) is 6.61 Å². The van der Waals surface area contributed by atoms with Crippen molar-refractivity contribution in [3.63, 3.8) is 0 Å². The summed E-state index contributed by atoms with van der Waals surface area (Å²) in [6.07, 6.45) is 1.54. The van der Waals surface area contributed by atoms with Crippen LogP contribution < -0.4 is 10.5 Å². The molecule has 0 saturated heterocycles. The van der Waals surface area contributed by atoms with Gasteiger partial charge in [-0.3, -0.25) is 0 Å². The topological polar surface area (TPSA) is 71.9 Å². The van der Waals surface area contributed by atoms with Crippen LogP contribution in [0.1, 0.15) is 11.3 Å². The number of nitriles is 1. The Hall–Kier alpha value is -2.61. The van der Waals surface area contributed by atoms with Gasteiger partial charge in [0, 0.05) is 17.8 Å². The smallest absolute Gasteiger partial charge is 0.147 e. The number of anilines is 1. The number of nitrogens with two attached hydrogens (primary N) is 1. The van der Waals surface area contributed by atoms with E-state index in [9.17, 15) is 4.39 Å². The predicted molar refractivity (Wildman–Crippen MR) is 64.1 cm³/mol. The van der Waals surface area contributed by atoms with E-state index >= 15 is 0 Å². The standard InChI is InChI=1S/C13H10FN3O/c14-10-3-4-13(11(16)6-10)18-8-9-2-1-5-17-12(9)7-15/h1-6H,8,16H2. The van der Waals surface area contributed by atoms with E-state index in [1.165, 1.54) is 24.4 Å². The van der Waals surface area contributed by atoms with Gasteiger partial charge in [-0.25, -0.2) is 9.37 Å². The van der Waals surface area contributed by atoms with Crippen molar-refractivity contribution in [2.75, 3.05) is 5.73 Å². The van der Waals surface area contributed by atoms with Crippen LogP contribution in [0.2, 0.25) is 0 Å². The van der Waals surface area contributed by atoms with Crippen molar-refractivity contribution in [2.45, 2.75) is 6.61 Å². The second kappa shape index (κ2) is 5.15. The van der Waals surface area contributed by atoms with Crippen LogP contribution in [0.5, 0.6) is 5.75 Å². The van der Waals surface area contributed by atoms with Crippen LogP contribution in [0.25, 0.3) is 0 Å². The third kappa shape index (κ3) is 2.55. The van der Waals surface area contributed by atoms with Crippen LogP contribution in [0.15, 0.2) is 36.5 Å². The van der Waals surface area contributed by atoms with E-state index < -0.39 is 5.82 Å².